The van der Waals surface area contributed by atoms with Crippen molar-refractivity contribution >= 4 is 34.4 Å². The molecule has 1 aliphatic rings. The lowest BCUT2D eigenvalue weighted by atomic mass is 10.0. The zero-order chi connectivity index (χ0) is 25.2. The lowest BCUT2D eigenvalue weighted by Gasteiger charge is -2.24. The van der Waals surface area contributed by atoms with Crippen molar-refractivity contribution < 1.29 is 14.4 Å². The van der Waals surface area contributed by atoms with E-state index in [9.17, 15) is 14.4 Å². The average molecular weight is 485 g/mol. The van der Waals surface area contributed by atoms with Crippen molar-refractivity contribution in [3.05, 3.63) is 84.8 Å². The van der Waals surface area contributed by atoms with Crippen LogP contribution in [0.3, 0.4) is 0 Å². The van der Waals surface area contributed by atoms with Gasteiger partial charge in [0.1, 0.15) is 0 Å². The molecular weight excluding hydrogens is 456 g/mol. The van der Waals surface area contributed by atoms with Crippen LogP contribution in [0.25, 0.3) is 16.6 Å². The molecule has 0 unspecified atom stereocenters. The average Bonchev–Trinajstić information content (AvgIpc) is 3.62. The van der Waals surface area contributed by atoms with Crippen molar-refractivity contribution in [3.8, 4) is 5.69 Å². The lowest BCUT2D eigenvalue weighted by molar-refractivity contribution is -0.122. The van der Waals surface area contributed by atoms with Crippen molar-refractivity contribution in [2.45, 2.75) is 31.3 Å². The van der Waals surface area contributed by atoms with Crippen LogP contribution in [0.15, 0.2) is 79.3 Å². The van der Waals surface area contributed by atoms with E-state index in [1.54, 1.807) is 18.2 Å². The summed E-state index contributed by atoms with van der Waals surface area (Å²) in [6.07, 6.45) is 6.73. The minimum atomic E-state index is -0.649. The van der Waals surface area contributed by atoms with E-state index in [1.807, 2.05) is 53.4 Å². The Labute approximate surface area is 208 Å². The number of anilines is 1. The van der Waals surface area contributed by atoms with E-state index in [0.29, 0.717) is 35.9 Å². The lowest BCUT2D eigenvalue weighted by Crippen LogP contribution is -2.43. The number of benzene rings is 2. The maximum absolute atomic E-state index is 13.2. The van der Waals surface area contributed by atoms with Gasteiger partial charge < -0.3 is 26.3 Å². The fraction of sp³-hybridized carbons (Fsp3) is 0.222. The standard InChI is InChI=1S/C27H28N6O3/c28-19-15-24(25(34)11-10-18-6-5-7-20(14-18)31-12-3-4-13-31)33(16-19)27(36)30-22-17-32(26(29)35)23-9-2-1-8-21(22)23/h1-9,12-14,17,19,24H,10-11,15-16,28H2,(H2,29,35)(H,30,36)/t19-,24-/m0/s1. The highest BCUT2D eigenvalue weighted by Gasteiger charge is 2.38. The molecule has 1 aliphatic heterocycles. The number of aryl methyl sites for hydroxylation is 1. The van der Waals surface area contributed by atoms with Gasteiger partial charge in [-0.05, 0) is 48.7 Å². The van der Waals surface area contributed by atoms with Gasteiger partial charge in [0.15, 0.2) is 5.78 Å². The number of carbonyl (C=O) groups excluding carboxylic acids is 3. The molecular formula is C27H28N6O3. The number of Topliss-reactive ketones (excluding diaryl/α,β-unsaturated/α-hetero) is 1. The number of fused-ring (bicyclic) bond motifs is 1. The maximum Gasteiger partial charge on any atom is 0.323 e. The van der Waals surface area contributed by atoms with Gasteiger partial charge >= 0.3 is 12.1 Å². The first-order chi connectivity index (χ1) is 17.4. The molecule has 0 saturated carbocycles. The largest absolute Gasteiger partial charge is 0.351 e. The highest BCUT2D eigenvalue weighted by molar-refractivity contribution is 6.05. The van der Waals surface area contributed by atoms with Crippen LogP contribution in [0, 0.1) is 0 Å². The molecule has 9 nitrogen and oxygen atoms in total. The number of rotatable bonds is 6. The Morgan fingerprint density at radius 1 is 1.00 bits per heavy atom. The Hall–Kier alpha value is -4.37. The summed E-state index contributed by atoms with van der Waals surface area (Å²) < 4.78 is 3.30. The smallest absolute Gasteiger partial charge is 0.323 e. The molecule has 3 heterocycles. The molecule has 9 heteroatoms. The van der Waals surface area contributed by atoms with Crippen molar-refractivity contribution in [1.82, 2.24) is 14.0 Å². The predicted molar refractivity (Wildman–Crippen MR) is 138 cm³/mol. The summed E-state index contributed by atoms with van der Waals surface area (Å²) in [4.78, 5) is 39.8. The molecule has 1 fully saturated rings. The number of carbonyl (C=O) groups is 3. The number of nitrogens with one attached hydrogen (secondary N) is 1. The second kappa shape index (κ2) is 9.71. The topological polar surface area (TPSA) is 128 Å². The van der Waals surface area contributed by atoms with Crippen molar-refractivity contribution in [2.24, 2.45) is 11.5 Å². The molecule has 2 atom stereocenters. The van der Waals surface area contributed by atoms with Gasteiger partial charge in [0, 0.05) is 48.7 Å². The molecule has 5 rings (SSSR count). The van der Waals surface area contributed by atoms with Crippen LogP contribution < -0.4 is 16.8 Å². The molecule has 0 radical (unpaired) electrons. The fourth-order valence-corrected chi connectivity index (χ4v) is 4.86. The summed E-state index contributed by atoms with van der Waals surface area (Å²) in [6, 6.07) is 17.2. The van der Waals surface area contributed by atoms with Crippen LogP contribution in [0.2, 0.25) is 0 Å². The van der Waals surface area contributed by atoms with Gasteiger partial charge in [-0.2, -0.15) is 0 Å². The molecule has 3 amide bonds. The Bertz CT molecular complexity index is 1420. The Kier molecular flexibility index (Phi) is 6.30. The maximum atomic E-state index is 13.2. The number of amides is 3. The summed E-state index contributed by atoms with van der Waals surface area (Å²) in [5.41, 5.74) is 14.8. The summed E-state index contributed by atoms with van der Waals surface area (Å²) in [7, 11) is 0. The van der Waals surface area contributed by atoms with Crippen molar-refractivity contribution in [3.63, 3.8) is 0 Å². The normalized spacial score (nSPS) is 17.4. The first-order valence-corrected chi connectivity index (χ1v) is 11.9. The Morgan fingerprint density at radius 2 is 1.78 bits per heavy atom. The zero-order valence-corrected chi connectivity index (χ0v) is 19.7. The number of hydrogen-bond acceptors (Lipinski definition) is 4. The number of nitrogens with zero attached hydrogens (tertiary/aromatic N) is 3. The van der Waals surface area contributed by atoms with Crippen molar-refractivity contribution in [2.75, 3.05) is 11.9 Å². The number of hydrogen-bond donors (Lipinski definition) is 3. The quantitative estimate of drug-likeness (QED) is 0.387. The minimum Gasteiger partial charge on any atom is -0.351 e. The van der Waals surface area contributed by atoms with Gasteiger partial charge in [-0.25, -0.2) is 9.59 Å². The third-order valence-corrected chi connectivity index (χ3v) is 6.63. The Balaban J connectivity index is 1.29. The van der Waals surface area contributed by atoms with Crippen LogP contribution >= 0.6 is 0 Å². The van der Waals surface area contributed by atoms with Crippen LogP contribution in [0.4, 0.5) is 15.3 Å². The molecule has 184 valence electrons. The van der Waals surface area contributed by atoms with Gasteiger partial charge in [0.2, 0.25) is 0 Å². The van der Waals surface area contributed by atoms with Crippen molar-refractivity contribution in [1.29, 1.82) is 0 Å². The minimum absolute atomic E-state index is 0.0240. The molecule has 1 saturated heterocycles. The van der Waals surface area contributed by atoms with Crippen LogP contribution in [0.1, 0.15) is 18.4 Å². The predicted octanol–water partition coefficient (Wildman–Crippen LogP) is 3.49. The van der Waals surface area contributed by atoms with Gasteiger partial charge in [-0.15, -0.1) is 0 Å². The number of aromatic nitrogens is 2. The molecule has 5 N–H and O–H groups in total. The number of nitrogens with two attached hydrogens (primary N) is 2. The van der Waals surface area contributed by atoms with E-state index < -0.39 is 18.1 Å². The first kappa shape index (κ1) is 23.4. The first-order valence-electron chi connectivity index (χ1n) is 11.9. The fourth-order valence-electron chi connectivity index (χ4n) is 4.86. The summed E-state index contributed by atoms with van der Waals surface area (Å²) in [5, 5.41) is 3.53. The number of urea groups is 1. The summed E-state index contributed by atoms with van der Waals surface area (Å²) in [6.45, 7) is 0.278. The van der Waals surface area contributed by atoms with Gasteiger partial charge in [0.05, 0.1) is 17.2 Å². The third-order valence-electron chi connectivity index (χ3n) is 6.63. The molecule has 4 aromatic rings. The molecule has 2 aromatic carbocycles. The van der Waals surface area contributed by atoms with Gasteiger partial charge in [-0.3, -0.25) is 9.36 Å². The molecule has 0 aliphatic carbocycles. The summed E-state index contributed by atoms with van der Waals surface area (Å²) >= 11 is 0. The van der Waals surface area contributed by atoms with Gasteiger partial charge in [0.25, 0.3) is 0 Å². The molecule has 2 aromatic heterocycles. The SMILES string of the molecule is NC(=O)n1cc(NC(=O)N2C[C@@H](N)C[C@H]2C(=O)CCc2cccc(-n3cccc3)c2)c2ccccc21. The summed E-state index contributed by atoms with van der Waals surface area (Å²) in [5.74, 6) is -0.0240. The van der Waals surface area contributed by atoms with Crippen LogP contribution in [-0.4, -0.2) is 50.5 Å². The molecule has 0 bridgehead atoms. The zero-order valence-electron chi connectivity index (χ0n) is 19.7. The third kappa shape index (κ3) is 4.60. The molecule has 36 heavy (non-hydrogen) atoms. The Morgan fingerprint density at radius 3 is 2.56 bits per heavy atom. The van der Waals surface area contributed by atoms with E-state index in [4.69, 9.17) is 11.5 Å². The van der Waals surface area contributed by atoms with E-state index in [0.717, 1.165) is 11.3 Å². The monoisotopic (exact) mass is 484 g/mol. The van der Waals surface area contributed by atoms with E-state index in [1.165, 1.54) is 15.7 Å². The highest BCUT2D eigenvalue weighted by Crippen LogP contribution is 2.27. The molecule has 0 spiro atoms. The van der Waals surface area contributed by atoms with Crippen LogP contribution in [-0.2, 0) is 11.2 Å². The van der Waals surface area contributed by atoms with E-state index in [-0.39, 0.29) is 18.4 Å². The number of likely N-dealkylation sites (tertiary alicyclic amines) is 1. The number of primary amides is 1. The highest BCUT2D eigenvalue weighted by atomic mass is 16.2. The van der Waals surface area contributed by atoms with Gasteiger partial charge in [-0.1, -0.05) is 30.3 Å². The number of para-hydroxylation sites is 1. The van der Waals surface area contributed by atoms with Crippen LogP contribution in [0.5, 0.6) is 0 Å². The van der Waals surface area contributed by atoms with E-state index >= 15 is 0 Å². The second-order valence-electron chi connectivity index (χ2n) is 9.09. The second-order valence-corrected chi connectivity index (χ2v) is 9.09. The number of ketones is 1. The van der Waals surface area contributed by atoms with E-state index in [2.05, 4.69) is 11.4 Å².